The van der Waals surface area contributed by atoms with Gasteiger partial charge in [0.15, 0.2) is 17.5 Å². The van der Waals surface area contributed by atoms with Crippen LogP contribution in [0.15, 0.2) is 84.9 Å². The molecule has 2 atom stereocenters. The van der Waals surface area contributed by atoms with Crippen LogP contribution in [-0.4, -0.2) is 80.3 Å². The SMILES string of the molecule is CCOC(O)c1[nH]c2c(-c3c(CO)n[nH]c3COc3ccc(N4CCN(S(=O)NC)CC4)cc3)cccc2c1CCCOc1cccc2ccccc12. The third-order valence-electron chi connectivity index (χ3n) is 9.69. The van der Waals surface area contributed by atoms with Crippen LogP contribution >= 0.6 is 0 Å². The van der Waals surface area contributed by atoms with Crippen LogP contribution in [0.5, 0.6) is 11.5 Å². The maximum Gasteiger partial charge on any atom is 0.196 e. The normalized spacial score (nSPS) is 14.9. The highest BCUT2D eigenvalue weighted by atomic mass is 32.2. The highest BCUT2D eigenvalue weighted by Gasteiger charge is 2.24. The second-order valence-electron chi connectivity index (χ2n) is 12.8. The number of fused-ring (bicyclic) bond motifs is 2. The smallest absolute Gasteiger partial charge is 0.196 e. The zero-order valence-electron chi connectivity index (χ0n) is 30.0. The summed E-state index contributed by atoms with van der Waals surface area (Å²) in [5.41, 5.74) is 6.23. The van der Waals surface area contributed by atoms with Gasteiger partial charge in [0, 0.05) is 60.4 Å². The van der Waals surface area contributed by atoms with Crippen molar-refractivity contribution >= 4 is 38.5 Å². The minimum Gasteiger partial charge on any atom is -0.493 e. The lowest BCUT2D eigenvalue weighted by molar-refractivity contribution is -0.101. The molecule has 53 heavy (non-hydrogen) atoms. The number of aromatic amines is 2. The number of aromatic nitrogens is 3. The highest BCUT2D eigenvalue weighted by Crippen LogP contribution is 2.38. The number of para-hydroxylation sites is 1. The van der Waals surface area contributed by atoms with Crippen LogP contribution in [0.1, 0.15) is 42.3 Å². The van der Waals surface area contributed by atoms with E-state index in [1.165, 1.54) is 0 Å². The van der Waals surface area contributed by atoms with Gasteiger partial charge in [0.1, 0.15) is 18.1 Å². The molecule has 1 aliphatic heterocycles. The molecule has 13 heteroatoms. The predicted octanol–water partition coefficient (Wildman–Crippen LogP) is 5.74. The molecule has 6 aromatic rings. The van der Waals surface area contributed by atoms with Gasteiger partial charge in [-0.15, -0.1) is 0 Å². The molecule has 4 aromatic carbocycles. The number of anilines is 1. The summed E-state index contributed by atoms with van der Waals surface area (Å²) in [6, 6.07) is 28.2. The van der Waals surface area contributed by atoms with Crippen LogP contribution < -0.4 is 19.1 Å². The Morgan fingerprint density at radius 3 is 2.47 bits per heavy atom. The minimum atomic E-state index is -1.16. The van der Waals surface area contributed by atoms with Gasteiger partial charge in [-0.3, -0.25) is 5.10 Å². The van der Waals surface area contributed by atoms with E-state index in [-0.39, 0.29) is 13.2 Å². The molecule has 0 amide bonds. The van der Waals surface area contributed by atoms with Gasteiger partial charge >= 0.3 is 0 Å². The summed E-state index contributed by atoms with van der Waals surface area (Å²) in [5, 5.41) is 32.1. The van der Waals surface area contributed by atoms with Crippen LogP contribution in [0, 0.1) is 0 Å². The van der Waals surface area contributed by atoms with Gasteiger partial charge < -0.3 is 34.3 Å². The fourth-order valence-electron chi connectivity index (χ4n) is 7.08. The largest absolute Gasteiger partial charge is 0.493 e. The van der Waals surface area contributed by atoms with Crippen LogP contribution in [0.3, 0.4) is 0 Å². The fraction of sp³-hybridized carbons (Fsp3) is 0.325. The number of aryl methyl sites for hydroxylation is 1. The highest BCUT2D eigenvalue weighted by molar-refractivity contribution is 7.80. The topological polar surface area (TPSA) is 148 Å². The van der Waals surface area contributed by atoms with E-state index in [9.17, 15) is 14.4 Å². The molecule has 0 aliphatic carbocycles. The summed E-state index contributed by atoms with van der Waals surface area (Å²) in [5.74, 6) is 1.54. The molecule has 1 aliphatic rings. The van der Waals surface area contributed by atoms with Crippen molar-refractivity contribution in [2.24, 2.45) is 0 Å². The van der Waals surface area contributed by atoms with Crippen molar-refractivity contribution in [1.29, 1.82) is 0 Å². The van der Waals surface area contributed by atoms with Crippen LogP contribution in [0.4, 0.5) is 5.69 Å². The molecule has 0 radical (unpaired) electrons. The number of hydrogen-bond donors (Lipinski definition) is 5. The zero-order valence-corrected chi connectivity index (χ0v) is 30.8. The number of benzene rings is 4. The average Bonchev–Trinajstić information content (AvgIpc) is 3.80. The average molecular weight is 739 g/mol. The molecule has 0 bridgehead atoms. The molecule has 1 fully saturated rings. The lowest BCUT2D eigenvalue weighted by Crippen LogP contribution is -2.49. The van der Waals surface area contributed by atoms with E-state index in [0.717, 1.165) is 62.9 Å². The predicted molar refractivity (Wildman–Crippen MR) is 208 cm³/mol. The number of aliphatic hydroxyl groups excluding tert-OH is 2. The lowest BCUT2D eigenvalue weighted by Gasteiger charge is -2.34. The van der Waals surface area contributed by atoms with E-state index in [1.54, 1.807) is 7.05 Å². The standard InChI is InChI=1S/C40H46N6O6S/c1-3-50-40(48)39-32(14-8-24-51-36-15-6-10-27-9-4-5-11-30(27)36)31-12-7-13-33(38(31)42-39)37-34(25-47)43-44-35(37)26-52-29-18-16-28(17-19-29)45-20-22-46(23-21-45)53(49)41-2/h4-7,9-13,15-19,40-42,47-48H,3,8,14,20-26H2,1-2H3,(H,43,44). The van der Waals surface area contributed by atoms with Crippen molar-refractivity contribution < 1.29 is 28.6 Å². The van der Waals surface area contributed by atoms with Crippen LogP contribution in [0.2, 0.25) is 0 Å². The number of hydrogen-bond acceptors (Lipinski definition) is 8. The second-order valence-corrected chi connectivity index (χ2v) is 14.2. The molecule has 7 rings (SSSR count). The fourth-order valence-corrected chi connectivity index (χ4v) is 7.84. The molecule has 5 N–H and O–H groups in total. The van der Waals surface area contributed by atoms with Gasteiger partial charge in [-0.25, -0.2) is 13.2 Å². The Labute approximate surface area is 311 Å². The second kappa shape index (κ2) is 16.9. The Bertz CT molecular complexity index is 2160. The van der Waals surface area contributed by atoms with Gasteiger partial charge in [-0.05, 0) is 68.1 Å². The molecule has 2 unspecified atom stereocenters. The maximum atomic E-state index is 12.1. The monoisotopic (exact) mass is 738 g/mol. The quantitative estimate of drug-likeness (QED) is 0.0624. The first kappa shape index (κ1) is 36.6. The van der Waals surface area contributed by atoms with Crippen molar-refractivity contribution in [2.75, 3.05) is 51.3 Å². The van der Waals surface area contributed by atoms with E-state index >= 15 is 0 Å². The van der Waals surface area contributed by atoms with E-state index in [0.29, 0.717) is 62.0 Å². The third-order valence-corrected chi connectivity index (χ3v) is 10.9. The summed E-state index contributed by atoms with van der Waals surface area (Å²) < 4.78 is 35.0. The van der Waals surface area contributed by atoms with Gasteiger partial charge in [-0.2, -0.15) is 5.10 Å². The van der Waals surface area contributed by atoms with E-state index in [1.807, 2.05) is 78.0 Å². The molecule has 2 aromatic heterocycles. The van der Waals surface area contributed by atoms with Crippen LogP contribution in [0.25, 0.3) is 32.8 Å². The molecule has 0 spiro atoms. The van der Waals surface area contributed by atoms with E-state index in [2.05, 4.69) is 43.0 Å². The number of nitrogens with zero attached hydrogens (tertiary/aromatic N) is 3. The molecule has 1 saturated heterocycles. The summed E-state index contributed by atoms with van der Waals surface area (Å²) in [6.07, 6.45) is 0.219. The maximum absolute atomic E-state index is 12.1. The molecule has 3 heterocycles. The van der Waals surface area contributed by atoms with E-state index in [4.69, 9.17) is 14.2 Å². The van der Waals surface area contributed by atoms with Crippen molar-refractivity contribution in [3.63, 3.8) is 0 Å². The summed E-state index contributed by atoms with van der Waals surface area (Å²) >= 11 is -1.16. The van der Waals surface area contributed by atoms with Crippen molar-refractivity contribution in [3.8, 4) is 22.6 Å². The van der Waals surface area contributed by atoms with Crippen molar-refractivity contribution in [1.82, 2.24) is 24.2 Å². The van der Waals surface area contributed by atoms with Gasteiger partial charge in [0.05, 0.1) is 35.8 Å². The van der Waals surface area contributed by atoms with Crippen molar-refractivity contribution in [3.05, 3.63) is 108 Å². The van der Waals surface area contributed by atoms with Crippen molar-refractivity contribution in [2.45, 2.75) is 39.3 Å². The Morgan fingerprint density at radius 1 is 0.943 bits per heavy atom. The number of piperazine rings is 1. The third kappa shape index (κ3) is 7.96. The lowest BCUT2D eigenvalue weighted by atomic mass is 9.98. The molecule has 0 saturated carbocycles. The summed E-state index contributed by atoms with van der Waals surface area (Å²) in [6.45, 7) is 5.61. The van der Waals surface area contributed by atoms with E-state index < -0.39 is 17.5 Å². The number of rotatable bonds is 16. The number of H-pyrrole nitrogens is 2. The molecular weight excluding hydrogens is 693 g/mol. The Hall–Kier alpha value is -4.76. The number of ether oxygens (including phenoxy) is 3. The zero-order chi connectivity index (χ0) is 36.7. The van der Waals surface area contributed by atoms with Gasteiger partial charge in [0.2, 0.25) is 0 Å². The summed E-state index contributed by atoms with van der Waals surface area (Å²) in [4.78, 5) is 5.75. The molecule has 278 valence electrons. The number of nitrogens with one attached hydrogen (secondary N) is 3. The minimum absolute atomic E-state index is 0.195. The Kier molecular flexibility index (Phi) is 11.7. The first-order valence-electron chi connectivity index (χ1n) is 18.0. The van der Waals surface area contributed by atoms with Crippen LogP contribution in [-0.2, 0) is 35.5 Å². The number of aliphatic hydroxyl groups is 2. The van der Waals surface area contributed by atoms with Gasteiger partial charge in [-0.1, -0.05) is 54.6 Å². The summed E-state index contributed by atoms with van der Waals surface area (Å²) in [7, 11) is 1.70. The first-order valence-corrected chi connectivity index (χ1v) is 19.1. The molecular formula is C40H46N6O6S. The Balaban J connectivity index is 1.09. The Morgan fingerprint density at radius 2 is 1.70 bits per heavy atom. The molecule has 12 nitrogen and oxygen atoms in total. The van der Waals surface area contributed by atoms with Gasteiger partial charge in [0.25, 0.3) is 0 Å². The first-order chi connectivity index (χ1) is 26.0.